The number of hydrogen-bond acceptors (Lipinski definition) is 4. The van der Waals surface area contributed by atoms with E-state index in [2.05, 4.69) is 4.74 Å². The molecular weight excluding hydrogens is 176 g/mol. The second-order valence-corrected chi connectivity index (χ2v) is 3.55. The molecule has 0 radical (unpaired) electrons. The second-order valence-electron chi connectivity index (χ2n) is 3.55. The van der Waals surface area contributed by atoms with Crippen LogP contribution in [0.15, 0.2) is 0 Å². The summed E-state index contributed by atoms with van der Waals surface area (Å²) >= 11 is 0. The molecule has 0 amide bonds. The summed E-state index contributed by atoms with van der Waals surface area (Å²) in [5.41, 5.74) is -0.520. The molecule has 0 aliphatic rings. The van der Waals surface area contributed by atoms with Crippen molar-refractivity contribution in [1.82, 2.24) is 0 Å². The highest BCUT2D eigenvalue weighted by Gasteiger charge is 2.19. The van der Waals surface area contributed by atoms with Gasteiger partial charge in [0.25, 0.3) is 0 Å². The van der Waals surface area contributed by atoms with Gasteiger partial charge in [-0.05, 0) is 0 Å². The van der Waals surface area contributed by atoms with Crippen molar-refractivity contribution in [1.29, 1.82) is 0 Å². The van der Waals surface area contributed by atoms with Crippen LogP contribution in [0.3, 0.4) is 0 Å². The van der Waals surface area contributed by atoms with Gasteiger partial charge in [-0.25, -0.2) is 0 Å². The highest BCUT2D eigenvalue weighted by Crippen LogP contribution is 2.13. The van der Waals surface area contributed by atoms with Gasteiger partial charge in [-0.15, -0.1) is 0 Å². The molecule has 0 rings (SSSR count). The van der Waals surface area contributed by atoms with Crippen molar-refractivity contribution >= 4 is 11.9 Å². The van der Waals surface area contributed by atoms with Crippen LogP contribution in [0.25, 0.3) is 0 Å². The Morgan fingerprint density at radius 1 is 1.38 bits per heavy atom. The van der Waals surface area contributed by atoms with E-state index in [1.54, 1.807) is 13.8 Å². The lowest BCUT2D eigenvalue weighted by molar-refractivity contribution is -0.153. The fraction of sp³-hybridized carbons (Fsp3) is 0.750. The summed E-state index contributed by atoms with van der Waals surface area (Å²) in [6.07, 6.45) is -0.637. The lowest BCUT2D eigenvalue weighted by atomic mass is 9.97. The number of carboxylic acid groups (broad SMARTS) is 1. The van der Waals surface area contributed by atoms with Crippen LogP contribution in [0.2, 0.25) is 0 Å². The first-order valence-corrected chi connectivity index (χ1v) is 3.86. The Bertz CT molecular complexity index is 197. The summed E-state index contributed by atoms with van der Waals surface area (Å²) in [5.74, 6) is -2.00. The summed E-state index contributed by atoms with van der Waals surface area (Å²) in [7, 11) is 0. The smallest absolute Gasteiger partial charge is 0.317 e. The Kier molecular flexibility index (Phi) is 4.40. The predicted molar refractivity (Wildman–Crippen MR) is 44.1 cm³/mol. The highest BCUT2D eigenvalue weighted by molar-refractivity contribution is 5.90. The van der Waals surface area contributed by atoms with Gasteiger partial charge in [-0.3, -0.25) is 9.59 Å². The van der Waals surface area contributed by atoms with Crippen LogP contribution in [-0.2, 0) is 14.3 Å². The Morgan fingerprint density at radius 2 is 1.92 bits per heavy atom. The first kappa shape index (κ1) is 11.9. The topological polar surface area (TPSA) is 83.8 Å². The molecular formula is C8H14O5. The van der Waals surface area contributed by atoms with Gasteiger partial charge in [0, 0.05) is 5.41 Å². The van der Waals surface area contributed by atoms with Crippen LogP contribution in [-0.4, -0.2) is 35.4 Å². The Morgan fingerprint density at radius 3 is 2.31 bits per heavy atom. The first-order chi connectivity index (χ1) is 5.87. The van der Waals surface area contributed by atoms with Gasteiger partial charge in [-0.1, -0.05) is 13.8 Å². The van der Waals surface area contributed by atoms with Gasteiger partial charge in [-0.2, -0.15) is 0 Å². The van der Waals surface area contributed by atoms with E-state index >= 15 is 0 Å². The summed E-state index contributed by atoms with van der Waals surface area (Å²) in [5, 5.41) is 17.0. The van der Waals surface area contributed by atoms with Crippen LogP contribution >= 0.6 is 0 Å². The van der Waals surface area contributed by atoms with E-state index in [4.69, 9.17) is 10.2 Å². The molecule has 5 nitrogen and oxygen atoms in total. The third kappa shape index (κ3) is 6.10. The molecule has 13 heavy (non-hydrogen) atoms. The van der Waals surface area contributed by atoms with Crippen molar-refractivity contribution in [2.75, 3.05) is 13.2 Å². The zero-order valence-corrected chi connectivity index (χ0v) is 7.74. The number of esters is 1. The second kappa shape index (κ2) is 4.81. The number of aliphatic hydroxyl groups excluding tert-OH is 1. The summed E-state index contributed by atoms with van der Waals surface area (Å²) < 4.78 is 4.63. The Hall–Kier alpha value is -1.10. The number of rotatable bonds is 5. The minimum Gasteiger partial charge on any atom is -0.481 e. The van der Waals surface area contributed by atoms with Crippen molar-refractivity contribution in [2.45, 2.75) is 20.3 Å². The Balaban J connectivity index is 3.76. The minimum absolute atomic E-state index is 0.0234. The molecule has 0 unspecified atom stereocenters. The van der Waals surface area contributed by atoms with Crippen molar-refractivity contribution < 1.29 is 24.5 Å². The number of carboxylic acids is 1. The molecule has 5 heteroatoms. The van der Waals surface area contributed by atoms with E-state index in [-0.39, 0.29) is 13.2 Å². The van der Waals surface area contributed by atoms with Gasteiger partial charge in [0.05, 0.1) is 13.2 Å². The number of ether oxygens (including phenoxy) is 1. The van der Waals surface area contributed by atoms with Crippen molar-refractivity contribution in [3.05, 3.63) is 0 Å². The Labute approximate surface area is 76.3 Å². The molecule has 0 atom stereocenters. The maximum absolute atomic E-state index is 10.7. The highest BCUT2D eigenvalue weighted by atomic mass is 16.5. The molecule has 0 bridgehead atoms. The fourth-order valence-electron chi connectivity index (χ4n) is 0.496. The van der Waals surface area contributed by atoms with Crippen LogP contribution in [0.5, 0.6) is 0 Å². The van der Waals surface area contributed by atoms with Gasteiger partial charge >= 0.3 is 11.9 Å². The number of aliphatic carboxylic acids is 1. The monoisotopic (exact) mass is 190 g/mol. The lowest BCUT2D eigenvalue weighted by Crippen LogP contribution is -2.26. The fourth-order valence-corrected chi connectivity index (χ4v) is 0.496. The molecule has 76 valence electrons. The van der Waals surface area contributed by atoms with Gasteiger partial charge < -0.3 is 14.9 Å². The number of carbonyl (C=O) groups is 2. The normalized spacial score (nSPS) is 11.0. The largest absolute Gasteiger partial charge is 0.481 e. The molecule has 0 saturated carbocycles. The van der Waals surface area contributed by atoms with E-state index < -0.39 is 23.8 Å². The molecule has 0 aliphatic heterocycles. The zero-order chi connectivity index (χ0) is 10.5. The molecule has 0 heterocycles. The van der Waals surface area contributed by atoms with Crippen LogP contribution in [0, 0.1) is 5.41 Å². The van der Waals surface area contributed by atoms with Crippen molar-refractivity contribution in [3.63, 3.8) is 0 Å². The van der Waals surface area contributed by atoms with E-state index in [0.717, 1.165) is 0 Å². The summed E-state index contributed by atoms with van der Waals surface area (Å²) in [6, 6.07) is 0. The van der Waals surface area contributed by atoms with Crippen LogP contribution < -0.4 is 0 Å². The van der Waals surface area contributed by atoms with Gasteiger partial charge in [0.1, 0.15) is 6.42 Å². The predicted octanol–water partition coefficient (Wildman–Crippen LogP) is 0.0228. The van der Waals surface area contributed by atoms with E-state index in [0.29, 0.717) is 0 Å². The molecule has 0 fully saturated rings. The maximum atomic E-state index is 10.7. The minimum atomic E-state index is -1.22. The number of hydrogen-bond donors (Lipinski definition) is 2. The standard InChI is InChI=1S/C8H14O5/c1-8(2,4-9)5-13-7(12)3-6(10)11/h9H,3-5H2,1-2H3,(H,10,11). The van der Waals surface area contributed by atoms with Crippen molar-refractivity contribution in [2.24, 2.45) is 5.41 Å². The van der Waals surface area contributed by atoms with E-state index in [9.17, 15) is 9.59 Å². The third-order valence-corrected chi connectivity index (χ3v) is 1.35. The lowest BCUT2D eigenvalue weighted by Gasteiger charge is -2.20. The molecule has 0 aromatic carbocycles. The molecule has 0 spiro atoms. The summed E-state index contributed by atoms with van der Waals surface area (Å²) in [6.45, 7) is 3.32. The molecule has 0 aromatic rings. The van der Waals surface area contributed by atoms with Gasteiger partial charge in [0.15, 0.2) is 0 Å². The molecule has 0 aliphatic carbocycles. The molecule has 0 saturated heterocycles. The van der Waals surface area contributed by atoms with Gasteiger partial charge in [0.2, 0.25) is 0 Å². The van der Waals surface area contributed by atoms with E-state index in [1.807, 2.05) is 0 Å². The third-order valence-electron chi connectivity index (χ3n) is 1.35. The van der Waals surface area contributed by atoms with Crippen molar-refractivity contribution in [3.8, 4) is 0 Å². The zero-order valence-electron chi connectivity index (χ0n) is 7.74. The first-order valence-electron chi connectivity index (χ1n) is 3.86. The maximum Gasteiger partial charge on any atom is 0.317 e. The van der Waals surface area contributed by atoms with E-state index in [1.165, 1.54) is 0 Å². The summed E-state index contributed by atoms with van der Waals surface area (Å²) in [4.78, 5) is 20.8. The molecule has 0 aromatic heterocycles. The van der Waals surface area contributed by atoms with Crippen LogP contribution in [0.1, 0.15) is 20.3 Å². The SMILES string of the molecule is CC(C)(CO)COC(=O)CC(=O)O. The average Bonchev–Trinajstić information content (AvgIpc) is 2.00. The van der Waals surface area contributed by atoms with Crippen LogP contribution in [0.4, 0.5) is 0 Å². The number of aliphatic hydroxyl groups is 1. The molecule has 2 N–H and O–H groups in total. The average molecular weight is 190 g/mol. The number of carbonyl (C=O) groups excluding carboxylic acids is 1. The quantitative estimate of drug-likeness (QED) is 0.471.